The van der Waals surface area contributed by atoms with Gasteiger partial charge in [-0.15, -0.1) is 5.10 Å². The van der Waals surface area contributed by atoms with Gasteiger partial charge in [0.2, 0.25) is 5.95 Å². The summed E-state index contributed by atoms with van der Waals surface area (Å²) in [6, 6.07) is 11.2. The van der Waals surface area contributed by atoms with Crippen molar-refractivity contribution in [3.63, 3.8) is 0 Å². The average molecular weight is 358 g/mol. The lowest BCUT2D eigenvalue weighted by atomic mass is 10.1. The second kappa shape index (κ2) is 7.23. The van der Waals surface area contributed by atoms with Crippen LogP contribution in [-0.2, 0) is 0 Å². The highest BCUT2D eigenvalue weighted by atomic mass is 35.5. The van der Waals surface area contributed by atoms with Gasteiger partial charge in [0.1, 0.15) is 5.82 Å². The van der Waals surface area contributed by atoms with Gasteiger partial charge in [0.25, 0.3) is 0 Å². The van der Waals surface area contributed by atoms with Gasteiger partial charge in [0.15, 0.2) is 11.6 Å². The number of carbonyl (C=O) groups is 1. The van der Waals surface area contributed by atoms with Crippen molar-refractivity contribution in [1.29, 1.82) is 0 Å². The van der Waals surface area contributed by atoms with E-state index in [-0.39, 0.29) is 16.8 Å². The van der Waals surface area contributed by atoms with Gasteiger partial charge in [-0.1, -0.05) is 23.7 Å². The first-order valence-electron chi connectivity index (χ1n) is 7.31. The summed E-state index contributed by atoms with van der Waals surface area (Å²) < 4.78 is 13.2. The highest BCUT2D eigenvalue weighted by Crippen LogP contribution is 2.22. The van der Waals surface area contributed by atoms with Gasteiger partial charge < -0.3 is 10.6 Å². The minimum absolute atomic E-state index is 0.00594. The van der Waals surface area contributed by atoms with Crippen LogP contribution in [0.1, 0.15) is 17.3 Å². The normalized spacial score (nSPS) is 10.4. The van der Waals surface area contributed by atoms with Gasteiger partial charge in [-0.25, -0.2) is 4.39 Å². The van der Waals surface area contributed by atoms with Crippen molar-refractivity contribution in [3.8, 4) is 0 Å². The molecule has 0 saturated carbocycles. The molecule has 0 fully saturated rings. The molecule has 3 aromatic rings. The van der Waals surface area contributed by atoms with E-state index in [0.29, 0.717) is 22.8 Å². The molecule has 0 unspecified atom stereocenters. The summed E-state index contributed by atoms with van der Waals surface area (Å²) in [5, 5.41) is 13.7. The van der Waals surface area contributed by atoms with Gasteiger partial charge in [0, 0.05) is 16.9 Å². The molecule has 2 aromatic carbocycles. The predicted molar refractivity (Wildman–Crippen MR) is 94.2 cm³/mol. The number of nitrogens with one attached hydrogen (secondary N) is 2. The molecule has 2 N–H and O–H groups in total. The monoisotopic (exact) mass is 357 g/mol. The van der Waals surface area contributed by atoms with E-state index in [2.05, 4.69) is 25.8 Å². The maximum absolute atomic E-state index is 13.2. The fourth-order valence-electron chi connectivity index (χ4n) is 2.08. The molecule has 3 rings (SSSR count). The molecule has 1 aromatic heterocycles. The summed E-state index contributed by atoms with van der Waals surface area (Å²) in [7, 11) is 0. The summed E-state index contributed by atoms with van der Waals surface area (Å²) in [4.78, 5) is 15.7. The van der Waals surface area contributed by atoms with Crippen LogP contribution >= 0.6 is 11.6 Å². The Bertz CT molecular complexity index is 934. The molecule has 8 heteroatoms. The number of rotatable bonds is 5. The lowest BCUT2D eigenvalue weighted by Gasteiger charge is -2.08. The summed E-state index contributed by atoms with van der Waals surface area (Å²) in [6.07, 6.45) is 1.43. The molecule has 0 aliphatic carbocycles. The Morgan fingerprint density at radius 1 is 1.12 bits per heavy atom. The van der Waals surface area contributed by atoms with Crippen molar-refractivity contribution < 1.29 is 9.18 Å². The maximum Gasteiger partial charge on any atom is 0.249 e. The number of hydrogen-bond acceptors (Lipinski definition) is 6. The highest BCUT2D eigenvalue weighted by molar-refractivity contribution is 6.31. The Kier molecular flexibility index (Phi) is 4.85. The van der Waals surface area contributed by atoms with Crippen LogP contribution in [0.5, 0.6) is 0 Å². The lowest BCUT2D eigenvalue weighted by Crippen LogP contribution is -2.03. The summed E-state index contributed by atoms with van der Waals surface area (Å²) in [5.74, 6) is 0.119. The van der Waals surface area contributed by atoms with Crippen LogP contribution in [-0.4, -0.2) is 21.0 Å². The third kappa shape index (κ3) is 4.27. The zero-order valence-electron chi connectivity index (χ0n) is 13.1. The number of benzene rings is 2. The van der Waals surface area contributed by atoms with Gasteiger partial charge >= 0.3 is 0 Å². The molecule has 126 valence electrons. The second-order valence-corrected chi connectivity index (χ2v) is 5.59. The van der Waals surface area contributed by atoms with Gasteiger partial charge in [-0.3, -0.25) is 4.79 Å². The molecule has 1 heterocycles. The van der Waals surface area contributed by atoms with Crippen molar-refractivity contribution in [2.45, 2.75) is 6.92 Å². The molecule has 0 spiro atoms. The van der Waals surface area contributed by atoms with Crippen LogP contribution in [0.15, 0.2) is 48.7 Å². The Hall–Kier alpha value is -3.06. The van der Waals surface area contributed by atoms with Gasteiger partial charge in [-0.05, 0) is 37.3 Å². The minimum Gasteiger partial charge on any atom is -0.339 e. The Labute approximate surface area is 148 Å². The number of carbonyl (C=O) groups excluding carboxylic acids is 1. The van der Waals surface area contributed by atoms with Crippen LogP contribution < -0.4 is 10.6 Å². The molecular weight excluding hydrogens is 345 g/mol. The van der Waals surface area contributed by atoms with Crippen LogP contribution in [0.25, 0.3) is 0 Å². The van der Waals surface area contributed by atoms with E-state index in [0.717, 1.165) is 0 Å². The van der Waals surface area contributed by atoms with Crippen LogP contribution in [0, 0.1) is 5.82 Å². The summed E-state index contributed by atoms with van der Waals surface area (Å²) in [6.45, 7) is 1.50. The van der Waals surface area contributed by atoms with E-state index in [9.17, 15) is 9.18 Å². The molecular formula is C17H13ClFN5O. The first-order chi connectivity index (χ1) is 12.0. The Morgan fingerprint density at radius 2 is 1.92 bits per heavy atom. The fraction of sp³-hybridized carbons (Fsp3) is 0.0588. The molecule has 0 radical (unpaired) electrons. The van der Waals surface area contributed by atoms with Crippen molar-refractivity contribution in [3.05, 3.63) is 65.1 Å². The average Bonchev–Trinajstić information content (AvgIpc) is 2.59. The van der Waals surface area contributed by atoms with E-state index < -0.39 is 5.82 Å². The van der Waals surface area contributed by atoms with Crippen molar-refractivity contribution in [2.24, 2.45) is 0 Å². The lowest BCUT2D eigenvalue weighted by molar-refractivity contribution is 0.101. The van der Waals surface area contributed by atoms with Crippen LogP contribution in [0.3, 0.4) is 0 Å². The number of hydrogen-bond donors (Lipinski definition) is 2. The molecule has 25 heavy (non-hydrogen) atoms. The van der Waals surface area contributed by atoms with Gasteiger partial charge in [-0.2, -0.15) is 10.1 Å². The largest absolute Gasteiger partial charge is 0.339 e. The first kappa shape index (κ1) is 16.8. The van der Waals surface area contributed by atoms with E-state index in [1.807, 2.05) is 0 Å². The number of aromatic nitrogens is 3. The van der Waals surface area contributed by atoms with E-state index in [1.54, 1.807) is 24.3 Å². The topological polar surface area (TPSA) is 79.8 Å². The predicted octanol–water partition coefficient (Wildman–Crippen LogP) is 4.35. The molecule has 0 saturated heterocycles. The SMILES string of the molecule is CC(=O)c1cccc(Nc2nncc(Nc3ccc(F)c(Cl)c3)n2)c1. The number of Topliss-reactive ketones (excluding diaryl/α,β-unsaturated/α-hetero) is 1. The first-order valence-corrected chi connectivity index (χ1v) is 7.69. The van der Waals surface area contributed by atoms with Gasteiger partial charge in [0.05, 0.1) is 11.2 Å². The van der Waals surface area contributed by atoms with E-state index >= 15 is 0 Å². The Morgan fingerprint density at radius 3 is 2.68 bits per heavy atom. The Balaban J connectivity index is 1.78. The fourth-order valence-corrected chi connectivity index (χ4v) is 2.26. The third-order valence-electron chi connectivity index (χ3n) is 3.28. The zero-order valence-corrected chi connectivity index (χ0v) is 13.9. The second-order valence-electron chi connectivity index (χ2n) is 5.18. The smallest absolute Gasteiger partial charge is 0.249 e. The molecule has 6 nitrogen and oxygen atoms in total. The number of halogens is 2. The van der Waals surface area contributed by atoms with E-state index in [4.69, 9.17) is 11.6 Å². The molecule has 0 atom stereocenters. The molecule has 0 aliphatic heterocycles. The van der Waals surface area contributed by atoms with Crippen LogP contribution in [0.2, 0.25) is 5.02 Å². The summed E-state index contributed by atoms with van der Waals surface area (Å²) >= 11 is 5.76. The highest BCUT2D eigenvalue weighted by Gasteiger charge is 2.06. The standard InChI is InChI=1S/C17H13ClFN5O/c1-10(25)11-3-2-4-12(7-11)22-17-23-16(9-20-24-17)21-13-5-6-15(19)14(18)8-13/h2-9H,1H3,(H2,21,22,23,24). The maximum atomic E-state index is 13.2. The zero-order chi connectivity index (χ0) is 17.8. The number of ketones is 1. The summed E-state index contributed by atoms with van der Waals surface area (Å²) in [5.41, 5.74) is 1.81. The van der Waals surface area contributed by atoms with Crippen LogP contribution in [0.4, 0.5) is 27.5 Å². The molecule has 0 amide bonds. The molecule has 0 aliphatic rings. The minimum atomic E-state index is -0.499. The quantitative estimate of drug-likeness (QED) is 0.661. The van der Waals surface area contributed by atoms with Crippen molar-refractivity contribution in [2.75, 3.05) is 10.6 Å². The van der Waals surface area contributed by atoms with E-state index in [1.165, 1.54) is 31.3 Å². The number of anilines is 4. The van der Waals surface area contributed by atoms with Crippen molar-refractivity contribution in [1.82, 2.24) is 15.2 Å². The number of nitrogens with zero attached hydrogens (tertiary/aromatic N) is 3. The van der Waals surface area contributed by atoms with Crippen molar-refractivity contribution >= 4 is 40.5 Å². The molecule has 0 bridgehead atoms. The third-order valence-corrected chi connectivity index (χ3v) is 3.57.